The number of nitrogens with one attached hydrogen (secondary N) is 1. The van der Waals surface area contributed by atoms with Crippen LogP contribution < -0.4 is 5.32 Å². The molecule has 19 heavy (non-hydrogen) atoms. The van der Waals surface area contributed by atoms with E-state index in [-0.39, 0.29) is 27.9 Å². The molecule has 1 rings (SSSR count). The number of hydrogen-bond donors (Lipinski definition) is 2. The molecule has 0 amide bonds. The summed E-state index contributed by atoms with van der Waals surface area (Å²) in [6, 6.07) is 2.23. The number of anilines is 1. The number of rotatable bonds is 6. The molecular formula is C12H16BrFN2O3. The van der Waals surface area contributed by atoms with E-state index in [1.165, 1.54) is 6.07 Å². The summed E-state index contributed by atoms with van der Waals surface area (Å²) in [5.41, 5.74) is -0.270. The van der Waals surface area contributed by atoms with E-state index in [1.807, 2.05) is 13.8 Å². The van der Waals surface area contributed by atoms with Crippen molar-refractivity contribution in [2.24, 2.45) is 5.41 Å². The van der Waals surface area contributed by atoms with Crippen LogP contribution in [0.15, 0.2) is 16.6 Å². The number of aliphatic hydroxyl groups excluding tert-OH is 1. The van der Waals surface area contributed by atoms with E-state index in [9.17, 15) is 14.5 Å². The summed E-state index contributed by atoms with van der Waals surface area (Å²) in [5.74, 6) is -0.674. The van der Waals surface area contributed by atoms with Gasteiger partial charge in [-0.05, 0) is 33.8 Å². The first-order chi connectivity index (χ1) is 8.76. The lowest BCUT2D eigenvalue weighted by Gasteiger charge is -2.24. The molecule has 0 atom stereocenters. The Kier molecular flexibility index (Phi) is 5.25. The van der Waals surface area contributed by atoms with Crippen molar-refractivity contribution in [3.8, 4) is 0 Å². The Morgan fingerprint density at radius 3 is 2.68 bits per heavy atom. The van der Waals surface area contributed by atoms with Crippen molar-refractivity contribution in [3.05, 3.63) is 32.5 Å². The van der Waals surface area contributed by atoms with Gasteiger partial charge in [0, 0.05) is 13.2 Å². The molecule has 5 nitrogen and oxygen atoms in total. The van der Waals surface area contributed by atoms with E-state index in [4.69, 9.17) is 5.11 Å². The summed E-state index contributed by atoms with van der Waals surface area (Å²) < 4.78 is 13.5. The first kappa shape index (κ1) is 15.8. The fraction of sp³-hybridized carbons (Fsp3) is 0.500. The molecular weight excluding hydrogens is 319 g/mol. The summed E-state index contributed by atoms with van der Waals surface area (Å²) in [7, 11) is 0. The van der Waals surface area contributed by atoms with Crippen molar-refractivity contribution in [3.63, 3.8) is 0 Å². The van der Waals surface area contributed by atoms with E-state index in [2.05, 4.69) is 21.2 Å². The van der Waals surface area contributed by atoms with Gasteiger partial charge in [0.25, 0.3) is 5.69 Å². The van der Waals surface area contributed by atoms with Gasteiger partial charge < -0.3 is 10.4 Å². The fourth-order valence-corrected chi connectivity index (χ4v) is 1.90. The van der Waals surface area contributed by atoms with Crippen molar-refractivity contribution in [1.29, 1.82) is 0 Å². The lowest BCUT2D eigenvalue weighted by molar-refractivity contribution is -0.384. The van der Waals surface area contributed by atoms with Crippen LogP contribution in [-0.2, 0) is 0 Å². The first-order valence-corrected chi connectivity index (χ1v) is 6.54. The predicted molar refractivity (Wildman–Crippen MR) is 74.7 cm³/mol. The van der Waals surface area contributed by atoms with Crippen LogP contribution in [0.1, 0.15) is 20.3 Å². The van der Waals surface area contributed by atoms with Crippen LogP contribution in [0.3, 0.4) is 0 Å². The Bertz CT molecular complexity index is 480. The Morgan fingerprint density at radius 2 is 2.16 bits per heavy atom. The smallest absolute Gasteiger partial charge is 0.295 e. The summed E-state index contributed by atoms with van der Waals surface area (Å²) >= 11 is 3.00. The third-order valence-corrected chi connectivity index (χ3v) is 3.39. The van der Waals surface area contributed by atoms with Gasteiger partial charge in [-0.25, -0.2) is 4.39 Å². The summed E-state index contributed by atoms with van der Waals surface area (Å²) in [6.07, 6.45) is 0.566. The van der Waals surface area contributed by atoms with Crippen molar-refractivity contribution < 1.29 is 14.4 Å². The molecule has 0 fully saturated rings. The maximum Gasteiger partial charge on any atom is 0.295 e. The van der Waals surface area contributed by atoms with E-state index in [1.54, 1.807) is 0 Å². The van der Waals surface area contributed by atoms with E-state index in [0.29, 0.717) is 13.0 Å². The second kappa shape index (κ2) is 6.29. The predicted octanol–water partition coefficient (Wildman–Crippen LogP) is 3.32. The molecule has 0 radical (unpaired) electrons. The van der Waals surface area contributed by atoms with Gasteiger partial charge in [-0.1, -0.05) is 13.8 Å². The second-order valence-corrected chi connectivity index (χ2v) is 5.89. The van der Waals surface area contributed by atoms with Gasteiger partial charge in [0.2, 0.25) is 0 Å². The number of nitro groups is 1. The molecule has 0 saturated carbocycles. The van der Waals surface area contributed by atoms with Crippen LogP contribution in [0.25, 0.3) is 0 Å². The number of hydrogen-bond acceptors (Lipinski definition) is 4. The molecule has 0 aromatic heterocycles. The molecule has 0 saturated heterocycles. The highest BCUT2D eigenvalue weighted by atomic mass is 79.9. The molecule has 0 unspecified atom stereocenters. The van der Waals surface area contributed by atoms with Crippen LogP contribution in [0, 0.1) is 21.3 Å². The lowest BCUT2D eigenvalue weighted by atomic mass is 9.89. The van der Waals surface area contributed by atoms with Crippen molar-refractivity contribution >= 4 is 27.3 Å². The minimum Gasteiger partial charge on any atom is -0.396 e. The normalized spacial score (nSPS) is 11.4. The number of nitrogens with zero attached hydrogens (tertiary/aromatic N) is 1. The molecule has 0 bridgehead atoms. The van der Waals surface area contributed by atoms with Crippen molar-refractivity contribution in [1.82, 2.24) is 0 Å². The molecule has 0 aliphatic carbocycles. The van der Waals surface area contributed by atoms with Crippen molar-refractivity contribution in [2.45, 2.75) is 20.3 Å². The average molecular weight is 335 g/mol. The van der Waals surface area contributed by atoms with Gasteiger partial charge in [0.15, 0.2) is 0 Å². The quantitative estimate of drug-likeness (QED) is 0.618. The van der Waals surface area contributed by atoms with Crippen molar-refractivity contribution in [2.75, 3.05) is 18.5 Å². The van der Waals surface area contributed by atoms with Gasteiger partial charge in [-0.2, -0.15) is 0 Å². The van der Waals surface area contributed by atoms with Crippen LogP contribution in [0.2, 0.25) is 0 Å². The third kappa shape index (κ3) is 4.43. The molecule has 0 aliphatic heterocycles. The molecule has 1 aromatic carbocycles. The van der Waals surface area contributed by atoms with Crippen LogP contribution in [0.5, 0.6) is 0 Å². The molecule has 0 heterocycles. The third-order valence-electron chi connectivity index (χ3n) is 2.78. The summed E-state index contributed by atoms with van der Waals surface area (Å²) in [6.45, 7) is 4.34. The highest BCUT2D eigenvalue weighted by molar-refractivity contribution is 9.10. The summed E-state index contributed by atoms with van der Waals surface area (Å²) in [4.78, 5) is 10.3. The molecule has 1 aromatic rings. The molecule has 106 valence electrons. The monoisotopic (exact) mass is 334 g/mol. The summed E-state index contributed by atoms with van der Waals surface area (Å²) in [5, 5.41) is 22.7. The zero-order chi connectivity index (χ0) is 14.6. The van der Waals surface area contributed by atoms with Crippen LogP contribution >= 0.6 is 15.9 Å². The molecule has 2 N–H and O–H groups in total. The van der Waals surface area contributed by atoms with E-state index in [0.717, 1.165) is 6.07 Å². The number of nitro benzene ring substituents is 1. The number of halogens is 2. The Balaban J connectivity index is 2.94. The van der Waals surface area contributed by atoms with E-state index >= 15 is 0 Å². The zero-order valence-corrected chi connectivity index (χ0v) is 12.3. The molecule has 7 heteroatoms. The van der Waals surface area contributed by atoms with Gasteiger partial charge in [0.05, 0.1) is 15.5 Å². The second-order valence-electron chi connectivity index (χ2n) is 5.03. The van der Waals surface area contributed by atoms with Gasteiger partial charge in [-0.15, -0.1) is 0 Å². The first-order valence-electron chi connectivity index (χ1n) is 5.75. The van der Waals surface area contributed by atoms with E-state index < -0.39 is 10.7 Å². The highest BCUT2D eigenvalue weighted by Gasteiger charge is 2.21. The topological polar surface area (TPSA) is 75.4 Å². The lowest BCUT2D eigenvalue weighted by Crippen LogP contribution is -2.24. The maximum absolute atomic E-state index is 13.3. The molecule has 0 spiro atoms. The van der Waals surface area contributed by atoms with Gasteiger partial charge in [-0.3, -0.25) is 10.1 Å². The Hall–Kier alpha value is -1.21. The standard InChI is InChI=1S/C12H16BrFN2O3/c1-12(2,3-4-17)7-15-10-5-8(13)9(14)6-11(10)16(18)19/h5-6,15,17H,3-4,7H2,1-2H3. The maximum atomic E-state index is 13.3. The minimum absolute atomic E-state index is 0.0455. The minimum atomic E-state index is -0.674. The van der Waals surface area contributed by atoms with Gasteiger partial charge in [0.1, 0.15) is 11.5 Å². The van der Waals surface area contributed by atoms with Crippen LogP contribution in [0.4, 0.5) is 15.8 Å². The SMILES string of the molecule is CC(C)(CCO)CNc1cc(Br)c(F)cc1[N+](=O)[O-]. The number of benzene rings is 1. The average Bonchev–Trinajstić information content (AvgIpc) is 2.30. The fourth-order valence-electron chi connectivity index (χ4n) is 1.55. The largest absolute Gasteiger partial charge is 0.396 e. The molecule has 0 aliphatic rings. The Labute approximate surface area is 119 Å². The number of aliphatic hydroxyl groups is 1. The zero-order valence-electron chi connectivity index (χ0n) is 10.7. The van der Waals surface area contributed by atoms with Gasteiger partial charge >= 0.3 is 0 Å². The highest BCUT2D eigenvalue weighted by Crippen LogP contribution is 2.31. The Morgan fingerprint density at radius 1 is 1.53 bits per heavy atom. The van der Waals surface area contributed by atoms with Crippen LogP contribution in [-0.4, -0.2) is 23.2 Å².